The highest BCUT2D eigenvalue weighted by atomic mass is 16.1. The predicted molar refractivity (Wildman–Crippen MR) is 65.9 cm³/mol. The summed E-state index contributed by atoms with van der Waals surface area (Å²) in [6.45, 7) is 2.00. The predicted octanol–water partition coefficient (Wildman–Crippen LogP) is 1.12. The van der Waals surface area contributed by atoms with Crippen molar-refractivity contribution in [2.75, 3.05) is 5.73 Å². The Labute approximate surface area is 99.1 Å². The number of amides is 1. The zero-order valence-corrected chi connectivity index (χ0v) is 9.55. The molecule has 0 atom stereocenters. The first kappa shape index (κ1) is 11.2. The molecule has 5 heteroatoms. The van der Waals surface area contributed by atoms with Crippen LogP contribution in [0.5, 0.6) is 0 Å². The fourth-order valence-corrected chi connectivity index (χ4v) is 1.78. The summed E-state index contributed by atoms with van der Waals surface area (Å²) in [6, 6.07) is 5.09. The summed E-state index contributed by atoms with van der Waals surface area (Å²) >= 11 is 0. The van der Waals surface area contributed by atoms with E-state index in [0.717, 1.165) is 12.2 Å². The molecule has 4 N–H and O–H groups in total. The number of aryl methyl sites for hydroxylation is 1. The van der Waals surface area contributed by atoms with Crippen molar-refractivity contribution in [3.8, 4) is 5.69 Å². The molecule has 0 aliphatic rings. The van der Waals surface area contributed by atoms with Crippen molar-refractivity contribution in [1.82, 2.24) is 9.55 Å². The zero-order chi connectivity index (χ0) is 12.4. The number of hydrogen-bond donors (Lipinski definition) is 2. The van der Waals surface area contributed by atoms with Crippen LogP contribution in [0.1, 0.15) is 23.1 Å². The van der Waals surface area contributed by atoms with Gasteiger partial charge in [0.25, 0.3) is 5.91 Å². The van der Waals surface area contributed by atoms with E-state index >= 15 is 0 Å². The Morgan fingerprint density at radius 2 is 2.24 bits per heavy atom. The summed E-state index contributed by atoms with van der Waals surface area (Å²) < 4.78 is 1.85. The molecule has 0 spiro atoms. The molecule has 0 aliphatic carbocycles. The molecule has 0 fully saturated rings. The third-order valence-corrected chi connectivity index (χ3v) is 2.58. The third-order valence-electron chi connectivity index (χ3n) is 2.58. The maximum Gasteiger partial charge on any atom is 0.250 e. The summed E-state index contributed by atoms with van der Waals surface area (Å²) in [5, 5.41) is 0. The summed E-state index contributed by atoms with van der Waals surface area (Å²) in [5.41, 5.74) is 12.6. The molecule has 2 aromatic rings. The van der Waals surface area contributed by atoms with Gasteiger partial charge in [-0.3, -0.25) is 4.79 Å². The van der Waals surface area contributed by atoms with E-state index in [1.54, 1.807) is 30.6 Å². The maximum absolute atomic E-state index is 11.4. The standard InChI is InChI=1S/C12H14N4O/c1-2-11-15-5-6-16(11)10-4-3-8(13)7-9(10)12(14)17/h3-7H,2,13H2,1H3,(H2,14,17). The highest BCUT2D eigenvalue weighted by Crippen LogP contribution is 2.19. The van der Waals surface area contributed by atoms with E-state index in [0.29, 0.717) is 16.9 Å². The molecule has 1 heterocycles. The second-order valence-electron chi connectivity index (χ2n) is 3.71. The van der Waals surface area contributed by atoms with Crippen LogP contribution in [0.15, 0.2) is 30.6 Å². The molecule has 1 aromatic heterocycles. The van der Waals surface area contributed by atoms with E-state index in [-0.39, 0.29) is 0 Å². The highest BCUT2D eigenvalue weighted by molar-refractivity contribution is 5.97. The Hall–Kier alpha value is -2.30. The van der Waals surface area contributed by atoms with Gasteiger partial charge in [0.1, 0.15) is 5.82 Å². The van der Waals surface area contributed by atoms with Crippen molar-refractivity contribution in [1.29, 1.82) is 0 Å². The van der Waals surface area contributed by atoms with Crippen LogP contribution in [-0.2, 0) is 6.42 Å². The van der Waals surface area contributed by atoms with Crippen LogP contribution in [0.3, 0.4) is 0 Å². The lowest BCUT2D eigenvalue weighted by Crippen LogP contribution is -2.15. The van der Waals surface area contributed by atoms with Crippen molar-refractivity contribution < 1.29 is 4.79 Å². The molecule has 0 saturated carbocycles. The number of carbonyl (C=O) groups excluding carboxylic acids is 1. The minimum atomic E-state index is -0.497. The second kappa shape index (κ2) is 4.29. The summed E-state index contributed by atoms with van der Waals surface area (Å²) in [7, 11) is 0. The van der Waals surface area contributed by atoms with Crippen LogP contribution in [0.25, 0.3) is 5.69 Å². The largest absolute Gasteiger partial charge is 0.399 e. The lowest BCUT2D eigenvalue weighted by Gasteiger charge is -2.11. The van der Waals surface area contributed by atoms with Crippen molar-refractivity contribution in [3.05, 3.63) is 42.0 Å². The van der Waals surface area contributed by atoms with E-state index < -0.39 is 5.91 Å². The van der Waals surface area contributed by atoms with Crippen molar-refractivity contribution >= 4 is 11.6 Å². The Kier molecular flexibility index (Phi) is 2.82. The minimum Gasteiger partial charge on any atom is -0.399 e. The van der Waals surface area contributed by atoms with Gasteiger partial charge in [0.2, 0.25) is 0 Å². The number of rotatable bonds is 3. The molecule has 0 bridgehead atoms. The number of carbonyl (C=O) groups is 1. The molecule has 88 valence electrons. The quantitative estimate of drug-likeness (QED) is 0.774. The van der Waals surface area contributed by atoms with Gasteiger partial charge in [-0.1, -0.05) is 6.92 Å². The molecule has 1 aromatic carbocycles. The van der Waals surface area contributed by atoms with Crippen molar-refractivity contribution in [3.63, 3.8) is 0 Å². The van der Waals surface area contributed by atoms with Crippen molar-refractivity contribution in [2.24, 2.45) is 5.73 Å². The Balaban J connectivity index is 2.63. The van der Waals surface area contributed by atoms with Gasteiger partial charge in [0.15, 0.2) is 0 Å². The zero-order valence-electron chi connectivity index (χ0n) is 9.55. The van der Waals surface area contributed by atoms with Crippen LogP contribution in [-0.4, -0.2) is 15.5 Å². The van der Waals surface area contributed by atoms with Crippen LogP contribution in [0.4, 0.5) is 5.69 Å². The van der Waals surface area contributed by atoms with Gasteiger partial charge in [0, 0.05) is 24.5 Å². The second-order valence-corrected chi connectivity index (χ2v) is 3.71. The maximum atomic E-state index is 11.4. The van der Waals surface area contributed by atoms with Gasteiger partial charge < -0.3 is 16.0 Å². The smallest absolute Gasteiger partial charge is 0.250 e. The monoisotopic (exact) mass is 230 g/mol. The average molecular weight is 230 g/mol. The first-order valence-corrected chi connectivity index (χ1v) is 5.35. The number of hydrogen-bond acceptors (Lipinski definition) is 3. The van der Waals surface area contributed by atoms with Gasteiger partial charge >= 0.3 is 0 Å². The lowest BCUT2D eigenvalue weighted by atomic mass is 10.1. The van der Waals surface area contributed by atoms with Gasteiger partial charge in [-0.05, 0) is 18.2 Å². The van der Waals surface area contributed by atoms with Crippen LogP contribution >= 0.6 is 0 Å². The Bertz CT molecular complexity index is 559. The first-order chi connectivity index (χ1) is 8.13. The average Bonchev–Trinajstić information content (AvgIpc) is 2.76. The number of imidazole rings is 1. The molecule has 1 amide bonds. The van der Waals surface area contributed by atoms with E-state index in [2.05, 4.69) is 4.98 Å². The molecular weight excluding hydrogens is 216 g/mol. The van der Waals surface area contributed by atoms with Gasteiger partial charge in [-0.25, -0.2) is 4.98 Å². The van der Waals surface area contributed by atoms with Crippen LogP contribution in [0.2, 0.25) is 0 Å². The number of primary amides is 1. The molecule has 0 saturated heterocycles. The number of aromatic nitrogens is 2. The summed E-state index contributed by atoms with van der Waals surface area (Å²) in [6.07, 6.45) is 4.27. The number of nitrogens with zero attached hydrogens (tertiary/aromatic N) is 2. The molecular formula is C12H14N4O. The molecule has 17 heavy (non-hydrogen) atoms. The van der Waals surface area contributed by atoms with E-state index in [1.165, 1.54) is 0 Å². The summed E-state index contributed by atoms with van der Waals surface area (Å²) in [5.74, 6) is 0.375. The third kappa shape index (κ3) is 1.99. The topological polar surface area (TPSA) is 86.9 Å². The minimum absolute atomic E-state index is 0.401. The van der Waals surface area contributed by atoms with Gasteiger partial charge in [-0.15, -0.1) is 0 Å². The highest BCUT2D eigenvalue weighted by Gasteiger charge is 2.12. The van der Waals surface area contributed by atoms with E-state index in [1.807, 2.05) is 11.5 Å². The molecule has 2 rings (SSSR count). The number of anilines is 1. The lowest BCUT2D eigenvalue weighted by molar-refractivity contribution is 0.100. The molecule has 0 unspecified atom stereocenters. The van der Waals surface area contributed by atoms with Crippen molar-refractivity contribution in [2.45, 2.75) is 13.3 Å². The molecule has 0 aliphatic heterocycles. The first-order valence-electron chi connectivity index (χ1n) is 5.35. The Morgan fingerprint density at radius 3 is 2.88 bits per heavy atom. The number of benzene rings is 1. The Morgan fingerprint density at radius 1 is 1.47 bits per heavy atom. The SMILES string of the molecule is CCc1nccn1-c1ccc(N)cc1C(N)=O. The summed E-state index contributed by atoms with van der Waals surface area (Å²) in [4.78, 5) is 15.6. The molecule has 0 radical (unpaired) electrons. The molecule has 5 nitrogen and oxygen atoms in total. The van der Waals surface area contributed by atoms with E-state index in [9.17, 15) is 4.79 Å². The van der Waals surface area contributed by atoms with Gasteiger partial charge in [0.05, 0.1) is 11.3 Å². The van der Waals surface area contributed by atoms with Gasteiger partial charge in [-0.2, -0.15) is 0 Å². The normalized spacial score (nSPS) is 10.4. The fourth-order valence-electron chi connectivity index (χ4n) is 1.78. The number of nitrogen functional groups attached to an aromatic ring is 1. The van der Waals surface area contributed by atoms with Crippen LogP contribution in [0, 0.1) is 0 Å². The van der Waals surface area contributed by atoms with Crippen LogP contribution < -0.4 is 11.5 Å². The number of nitrogens with two attached hydrogens (primary N) is 2. The van der Waals surface area contributed by atoms with E-state index in [4.69, 9.17) is 11.5 Å². The fraction of sp³-hybridized carbons (Fsp3) is 0.167.